The Morgan fingerprint density at radius 2 is 1.48 bits per heavy atom. The number of halogens is 1. The Labute approximate surface area is 190 Å². The summed E-state index contributed by atoms with van der Waals surface area (Å²) < 4.78 is -1.23. The van der Waals surface area contributed by atoms with Crippen LogP contribution in [0.3, 0.4) is 0 Å². The number of alkyl halides is 1. The first-order valence-electron chi connectivity index (χ1n) is 10.5. The number of imide groups is 1. The second kappa shape index (κ2) is 6.61. The summed E-state index contributed by atoms with van der Waals surface area (Å²) in [4.78, 5) is 28.5. The van der Waals surface area contributed by atoms with Crippen LogP contribution >= 0.6 is 15.9 Å². The van der Waals surface area contributed by atoms with Crippen LogP contribution in [0.2, 0.25) is 0 Å². The molecule has 3 N–H and O–H groups in total. The van der Waals surface area contributed by atoms with Gasteiger partial charge in [0.05, 0.1) is 12.0 Å². The minimum absolute atomic E-state index is 0.172. The van der Waals surface area contributed by atoms with Gasteiger partial charge in [-0.25, -0.2) is 0 Å². The maximum absolute atomic E-state index is 13.7. The van der Waals surface area contributed by atoms with Crippen LogP contribution in [0.25, 0.3) is 11.1 Å². The normalized spacial score (nSPS) is 36.5. The summed E-state index contributed by atoms with van der Waals surface area (Å²) in [6.07, 6.45) is -0.914. The zero-order chi connectivity index (χ0) is 22.2. The molecule has 2 amide bonds. The molecule has 1 saturated heterocycles. The predicted octanol–water partition coefficient (Wildman–Crippen LogP) is 3.08. The van der Waals surface area contributed by atoms with E-state index in [1.54, 1.807) is 0 Å². The lowest BCUT2D eigenvalue weighted by Crippen LogP contribution is -2.51. The molecule has 2 aromatic carbocycles. The van der Waals surface area contributed by atoms with E-state index in [1.807, 2.05) is 74.5 Å². The number of hydrogen-bond donors (Lipinski definition) is 2. The number of benzene rings is 2. The van der Waals surface area contributed by atoms with Gasteiger partial charge >= 0.3 is 0 Å². The van der Waals surface area contributed by atoms with Crippen molar-refractivity contribution < 1.29 is 14.7 Å². The molecule has 2 aromatic rings. The van der Waals surface area contributed by atoms with Gasteiger partial charge in [-0.1, -0.05) is 90.4 Å². The SMILES string of the molecule is CC12C(c3ccccc3)=C(c3ccccc3)C(C)(C1O)C1(Br)C(=O)N(CCN)C(=O)C21. The third-order valence-corrected chi connectivity index (χ3v) is 9.34. The van der Waals surface area contributed by atoms with E-state index in [4.69, 9.17) is 5.73 Å². The first-order valence-corrected chi connectivity index (χ1v) is 11.3. The van der Waals surface area contributed by atoms with Crippen molar-refractivity contribution in [1.82, 2.24) is 4.90 Å². The average molecular weight is 481 g/mol. The van der Waals surface area contributed by atoms with Gasteiger partial charge in [0.2, 0.25) is 11.8 Å². The lowest BCUT2D eigenvalue weighted by molar-refractivity contribution is -0.142. The molecular formula is C25H25BrN2O3. The van der Waals surface area contributed by atoms with Gasteiger partial charge in [-0.2, -0.15) is 0 Å². The minimum atomic E-state index is -1.23. The molecule has 1 aliphatic heterocycles. The molecule has 3 aliphatic rings. The average Bonchev–Trinajstić information content (AvgIpc) is 3.16. The van der Waals surface area contributed by atoms with Crippen molar-refractivity contribution in [3.8, 4) is 0 Å². The monoisotopic (exact) mass is 480 g/mol. The van der Waals surface area contributed by atoms with Gasteiger partial charge in [-0.3, -0.25) is 14.5 Å². The molecule has 1 saturated carbocycles. The quantitative estimate of drug-likeness (QED) is 0.520. The number of aliphatic hydroxyl groups is 1. The van der Waals surface area contributed by atoms with Crippen LogP contribution in [-0.2, 0) is 9.59 Å². The van der Waals surface area contributed by atoms with Crippen molar-refractivity contribution in [3.05, 3.63) is 71.8 Å². The summed E-state index contributed by atoms with van der Waals surface area (Å²) in [7, 11) is 0. The molecule has 6 heteroatoms. The van der Waals surface area contributed by atoms with Crippen molar-refractivity contribution >= 4 is 38.9 Å². The number of hydrogen-bond acceptors (Lipinski definition) is 4. The van der Waals surface area contributed by atoms with E-state index in [2.05, 4.69) is 15.9 Å². The Balaban J connectivity index is 1.87. The molecule has 2 aliphatic carbocycles. The smallest absolute Gasteiger partial charge is 0.247 e. The summed E-state index contributed by atoms with van der Waals surface area (Å²) in [5.41, 5.74) is 7.52. The minimum Gasteiger partial charge on any atom is -0.391 e. The van der Waals surface area contributed by atoms with Gasteiger partial charge in [0.15, 0.2) is 0 Å². The highest BCUT2D eigenvalue weighted by atomic mass is 79.9. The topological polar surface area (TPSA) is 83.6 Å². The third-order valence-electron chi connectivity index (χ3n) is 7.72. The summed E-state index contributed by atoms with van der Waals surface area (Å²) in [5, 5.41) is 11.8. The molecule has 31 heavy (non-hydrogen) atoms. The highest BCUT2D eigenvalue weighted by Crippen LogP contribution is 2.79. The van der Waals surface area contributed by atoms with Crippen molar-refractivity contribution in [3.63, 3.8) is 0 Å². The van der Waals surface area contributed by atoms with Crippen LogP contribution in [0, 0.1) is 16.7 Å². The molecule has 0 radical (unpaired) electrons. The van der Waals surface area contributed by atoms with Gasteiger partial charge < -0.3 is 10.8 Å². The molecule has 0 spiro atoms. The van der Waals surface area contributed by atoms with E-state index >= 15 is 0 Å². The zero-order valence-corrected chi connectivity index (χ0v) is 19.1. The molecule has 5 rings (SSSR count). The fourth-order valence-electron chi connectivity index (χ4n) is 6.47. The maximum atomic E-state index is 13.7. The van der Waals surface area contributed by atoms with Gasteiger partial charge in [0.1, 0.15) is 4.32 Å². The van der Waals surface area contributed by atoms with Crippen LogP contribution in [0.15, 0.2) is 60.7 Å². The highest BCUT2D eigenvalue weighted by molar-refractivity contribution is 9.10. The Hall–Kier alpha value is -2.28. The summed E-state index contributed by atoms with van der Waals surface area (Å²) >= 11 is 3.77. The van der Waals surface area contributed by atoms with E-state index in [-0.39, 0.29) is 24.9 Å². The van der Waals surface area contributed by atoms with E-state index in [0.29, 0.717) is 0 Å². The van der Waals surface area contributed by atoms with Crippen molar-refractivity contribution in [1.29, 1.82) is 0 Å². The van der Waals surface area contributed by atoms with Crippen LogP contribution in [0.1, 0.15) is 25.0 Å². The number of nitrogens with zero attached hydrogens (tertiary/aromatic N) is 1. The first kappa shape index (κ1) is 20.6. The molecule has 5 atom stereocenters. The third kappa shape index (κ3) is 2.18. The lowest BCUT2D eigenvalue weighted by atomic mass is 9.63. The standard InChI is InChI=1S/C25H25BrN2O3/c1-23-17(15-9-5-3-6-10-15)18(16-11-7-4-8-12-16)24(2,21(23)30)25(26)19(23)20(29)28(14-13-27)22(25)31/h3-12,19,21,30H,13-14,27H2,1-2H3. The number of nitrogens with two attached hydrogens (primary N) is 1. The molecule has 160 valence electrons. The largest absolute Gasteiger partial charge is 0.391 e. The predicted molar refractivity (Wildman–Crippen MR) is 123 cm³/mol. The Kier molecular flexibility index (Phi) is 4.39. The van der Waals surface area contributed by atoms with Crippen LogP contribution in [0.5, 0.6) is 0 Å². The molecule has 2 bridgehead atoms. The lowest BCUT2D eigenvalue weighted by Gasteiger charge is -2.42. The number of amides is 2. The Bertz CT molecular complexity index is 1120. The van der Waals surface area contributed by atoms with Gasteiger partial charge in [-0.15, -0.1) is 0 Å². The molecule has 5 nitrogen and oxygen atoms in total. The molecular weight excluding hydrogens is 456 g/mol. The summed E-state index contributed by atoms with van der Waals surface area (Å²) in [5.74, 6) is -1.29. The molecule has 2 fully saturated rings. The molecule has 5 unspecified atom stereocenters. The second-order valence-corrected chi connectivity index (χ2v) is 10.3. The van der Waals surface area contributed by atoms with E-state index in [1.165, 1.54) is 4.90 Å². The van der Waals surface area contributed by atoms with E-state index in [9.17, 15) is 14.7 Å². The van der Waals surface area contributed by atoms with Gasteiger partial charge in [0.25, 0.3) is 0 Å². The molecule has 1 heterocycles. The fourth-order valence-corrected chi connectivity index (χ4v) is 7.77. The van der Waals surface area contributed by atoms with Gasteiger partial charge in [0, 0.05) is 23.9 Å². The molecule has 0 aromatic heterocycles. The Morgan fingerprint density at radius 3 is 2.00 bits per heavy atom. The Morgan fingerprint density at radius 1 is 0.968 bits per heavy atom. The van der Waals surface area contributed by atoms with Crippen LogP contribution < -0.4 is 5.73 Å². The van der Waals surface area contributed by atoms with Crippen LogP contribution in [0.4, 0.5) is 0 Å². The van der Waals surface area contributed by atoms with Crippen LogP contribution in [-0.4, -0.2) is 45.3 Å². The van der Waals surface area contributed by atoms with Crippen molar-refractivity contribution in [2.24, 2.45) is 22.5 Å². The number of likely N-dealkylation sites (tertiary alicyclic amines) is 1. The number of rotatable bonds is 4. The van der Waals surface area contributed by atoms with Gasteiger partial charge in [-0.05, 0) is 22.3 Å². The highest BCUT2D eigenvalue weighted by Gasteiger charge is 2.85. The first-order chi connectivity index (χ1) is 14.8. The van der Waals surface area contributed by atoms with Crippen molar-refractivity contribution in [2.45, 2.75) is 24.3 Å². The number of carbonyl (C=O) groups excluding carboxylic acids is 2. The number of carbonyl (C=O) groups is 2. The van der Waals surface area contributed by atoms with Crippen molar-refractivity contribution in [2.75, 3.05) is 13.1 Å². The van der Waals surface area contributed by atoms with E-state index < -0.39 is 27.2 Å². The zero-order valence-electron chi connectivity index (χ0n) is 17.5. The second-order valence-electron chi connectivity index (χ2n) is 9.10. The van der Waals surface area contributed by atoms with E-state index in [0.717, 1.165) is 22.3 Å². The number of fused-ring (bicyclic) bond motifs is 5. The maximum Gasteiger partial charge on any atom is 0.247 e. The summed E-state index contributed by atoms with van der Waals surface area (Å²) in [6, 6.07) is 19.7. The fraction of sp³-hybridized carbons (Fsp3) is 0.360. The number of aliphatic hydroxyl groups excluding tert-OH is 1. The summed E-state index contributed by atoms with van der Waals surface area (Å²) in [6.45, 7) is 4.22.